The molecule has 0 fully saturated rings. The highest BCUT2D eigenvalue weighted by molar-refractivity contribution is 7.89. The van der Waals surface area contributed by atoms with E-state index in [2.05, 4.69) is 10.0 Å². The molecule has 6 nitrogen and oxygen atoms in total. The molecule has 1 unspecified atom stereocenters. The predicted octanol–water partition coefficient (Wildman–Crippen LogP) is 3.76. The van der Waals surface area contributed by atoms with Crippen LogP contribution in [0.4, 0.5) is 0 Å². The second-order valence-corrected chi connectivity index (χ2v) is 9.20. The molecule has 0 spiro atoms. The first-order valence-electron chi connectivity index (χ1n) is 8.98. The number of hydrogen-bond acceptors (Lipinski definition) is 4. The zero-order valence-corrected chi connectivity index (χ0v) is 18.8. The Morgan fingerprint density at radius 1 is 1.17 bits per heavy atom. The van der Waals surface area contributed by atoms with Crippen molar-refractivity contribution in [1.29, 1.82) is 0 Å². The molecule has 0 saturated carbocycles. The maximum atomic E-state index is 12.7. The summed E-state index contributed by atoms with van der Waals surface area (Å²) in [6, 6.07) is 9.69. The largest absolute Gasteiger partial charge is 0.383 e. The molecule has 29 heavy (non-hydrogen) atoms. The molecule has 0 bridgehead atoms. The standard InChI is InChI=1S/C20H24Cl2N2O4S/c1-13-7-8-15(29(26,27)24-9-10-28-3)11-16(13)20(25)23-12-14(2)19-17(21)5-4-6-18(19)22/h4-8,11,14,24H,9-10,12H2,1-3H3,(H,23,25). The van der Waals surface area contributed by atoms with Crippen LogP contribution in [0.25, 0.3) is 0 Å². The van der Waals surface area contributed by atoms with E-state index < -0.39 is 10.0 Å². The van der Waals surface area contributed by atoms with Gasteiger partial charge in [0.2, 0.25) is 10.0 Å². The number of carbonyl (C=O) groups is 1. The maximum absolute atomic E-state index is 12.7. The Labute approximate surface area is 181 Å². The Bertz CT molecular complexity index is 960. The van der Waals surface area contributed by atoms with E-state index in [1.54, 1.807) is 31.2 Å². The van der Waals surface area contributed by atoms with E-state index in [0.29, 0.717) is 22.2 Å². The topological polar surface area (TPSA) is 84.5 Å². The SMILES string of the molecule is COCCNS(=O)(=O)c1ccc(C)c(C(=O)NCC(C)c2c(Cl)cccc2Cl)c1. The number of halogens is 2. The molecular weight excluding hydrogens is 435 g/mol. The number of rotatable bonds is 9. The summed E-state index contributed by atoms with van der Waals surface area (Å²) in [5, 5.41) is 3.90. The van der Waals surface area contributed by atoms with E-state index >= 15 is 0 Å². The molecule has 1 atom stereocenters. The van der Waals surface area contributed by atoms with Crippen LogP contribution in [0, 0.1) is 6.92 Å². The number of aryl methyl sites for hydroxylation is 1. The number of nitrogens with one attached hydrogen (secondary N) is 2. The molecule has 0 radical (unpaired) electrons. The third-order valence-electron chi connectivity index (χ3n) is 4.42. The Kier molecular flexibility index (Phi) is 8.48. The second-order valence-electron chi connectivity index (χ2n) is 6.61. The molecule has 2 rings (SSSR count). The Morgan fingerprint density at radius 3 is 2.45 bits per heavy atom. The smallest absolute Gasteiger partial charge is 0.251 e. The molecule has 158 valence electrons. The Hall–Kier alpha value is -1.64. The van der Waals surface area contributed by atoms with Gasteiger partial charge < -0.3 is 10.1 Å². The summed E-state index contributed by atoms with van der Waals surface area (Å²) in [5.41, 5.74) is 1.71. The number of methoxy groups -OCH3 is 1. The van der Waals surface area contributed by atoms with E-state index in [1.807, 2.05) is 6.92 Å². The predicted molar refractivity (Wildman–Crippen MR) is 115 cm³/mol. The number of amides is 1. The van der Waals surface area contributed by atoms with E-state index in [1.165, 1.54) is 19.2 Å². The second kappa shape index (κ2) is 10.4. The van der Waals surface area contributed by atoms with Gasteiger partial charge in [0.05, 0.1) is 11.5 Å². The summed E-state index contributed by atoms with van der Waals surface area (Å²) in [4.78, 5) is 12.7. The number of ether oxygens (including phenoxy) is 1. The summed E-state index contributed by atoms with van der Waals surface area (Å²) in [5.74, 6) is -0.491. The fourth-order valence-electron chi connectivity index (χ4n) is 2.80. The molecule has 2 aromatic carbocycles. The van der Waals surface area contributed by atoms with Crippen molar-refractivity contribution >= 4 is 39.1 Å². The Balaban J connectivity index is 2.14. The van der Waals surface area contributed by atoms with Crippen molar-refractivity contribution in [3.63, 3.8) is 0 Å². The van der Waals surface area contributed by atoms with Gasteiger partial charge >= 0.3 is 0 Å². The molecule has 0 aliphatic heterocycles. The van der Waals surface area contributed by atoms with Crippen molar-refractivity contribution in [3.8, 4) is 0 Å². The van der Waals surface area contributed by atoms with Gasteiger partial charge in [0.25, 0.3) is 5.91 Å². The average molecular weight is 459 g/mol. The number of hydrogen-bond donors (Lipinski definition) is 2. The summed E-state index contributed by atoms with van der Waals surface area (Å²) >= 11 is 12.5. The molecule has 0 aliphatic rings. The van der Waals surface area contributed by atoms with E-state index in [4.69, 9.17) is 27.9 Å². The average Bonchev–Trinajstić information content (AvgIpc) is 2.66. The lowest BCUT2D eigenvalue weighted by Gasteiger charge is -2.17. The number of sulfonamides is 1. The van der Waals surface area contributed by atoms with Gasteiger partial charge in [-0.25, -0.2) is 13.1 Å². The van der Waals surface area contributed by atoms with Crippen molar-refractivity contribution < 1.29 is 17.9 Å². The lowest BCUT2D eigenvalue weighted by Crippen LogP contribution is -2.30. The fourth-order valence-corrected chi connectivity index (χ4v) is 4.61. The summed E-state index contributed by atoms with van der Waals surface area (Å²) in [6.45, 7) is 4.34. The maximum Gasteiger partial charge on any atom is 0.251 e. The monoisotopic (exact) mass is 458 g/mol. The van der Waals surface area contributed by atoms with E-state index in [9.17, 15) is 13.2 Å². The molecule has 0 aromatic heterocycles. The first kappa shape index (κ1) is 23.6. The quantitative estimate of drug-likeness (QED) is 0.560. The van der Waals surface area contributed by atoms with Crippen molar-refractivity contribution in [3.05, 3.63) is 63.1 Å². The molecular formula is C20H24Cl2N2O4S. The van der Waals surface area contributed by atoms with Gasteiger partial charge in [-0.3, -0.25) is 4.79 Å². The van der Waals surface area contributed by atoms with Crippen LogP contribution in [0.2, 0.25) is 10.0 Å². The van der Waals surface area contributed by atoms with E-state index in [0.717, 1.165) is 5.56 Å². The number of carbonyl (C=O) groups excluding carboxylic acids is 1. The zero-order chi connectivity index (χ0) is 21.6. The zero-order valence-electron chi connectivity index (χ0n) is 16.5. The van der Waals surface area contributed by atoms with Crippen LogP contribution >= 0.6 is 23.2 Å². The van der Waals surface area contributed by atoms with E-state index in [-0.39, 0.29) is 35.4 Å². The summed E-state index contributed by atoms with van der Waals surface area (Å²) in [6.07, 6.45) is 0. The first-order chi connectivity index (χ1) is 13.7. The lowest BCUT2D eigenvalue weighted by atomic mass is 10.0. The molecule has 2 N–H and O–H groups in total. The molecule has 0 aliphatic carbocycles. The summed E-state index contributed by atoms with van der Waals surface area (Å²) in [7, 11) is -2.25. The highest BCUT2D eigenvalue weighted by Gasteiger charge is 2.19. The molecule has 0 saturated heterocycles. The van der Waals surface area contributed by atoms with Crippen LogP contribution in [-0.4, -0.2) is 41.1 Å². The van der Waals surface area contributed by atoms with Crippen LogP contribution in [-0.2, 0) is 14.8 Å². The van der Waals surface area contributed by atoms with Crippen molar-refractivity contribution in [2.45, 2.75) is 24.7 Å². The summed E-state index contributed by atoms with van der Waals surface area (Å²) < 4.78 is 32.1. The van der Waals surface area contributed by atoms with Crippen LogP contribution in [0.15, 0.2) is 41.3 Å². The molecule has 9 heteroatoms. The fraction of sp³-hybridized carbons (Fsp3) is 0.350. The number of benzene rings is 2. The van der Waals surface area contributed by atoms with Gasteiger partial charge in [0, 0.05) is 41.7 Å². The minimum Gasteiger partial charge on any atom is -0.383 e. The van der Waals surface area contributed by atoms with Gasteiger partial charge in [0.1, 0.15) is 0 Å². The van der Waals surface area contributed by atoms with Gasteiger partial charge in [-0.15, -0.1) is 0 Å². The van der Waals surface area contributed by atoms with Gasteiger partial charge in [-0.05, 0) is 42.3 Å². The third kappa shape index (κ3) is 6.17. The minimum absolute atomic E-state index is 0.0200. The lowest BCUT2D eigenvalue weighted by molar-refractivity contribution is 0.0951. The third-order valence-corrected chi connectivity index (χ3v) is 6.54. The van der Waals surface area contributed by atoms with Crippen molar-refractivity contribution in [2.24, 2.45) is 0 Å². The highest BCUT2D eigenvalue weighted by atomic mass is 35.5. The van der Waals surface area contributed by atoms with Gasteiger partial charge in [-0.2, -0.15) is 0 Å². The first-order valence-corrected chi connectivity index (χ1v) is 11.2. The van der Waals surface area contributed by atoms with Crippen LogP contribution < -0.4 is 10.0 Å². The minimum atomic E-state index is -3.74. The van der Waals surface area contributed by atoms with Crippen LogP contribution in [0.1, 0.15) is 34.3 Å². The van der Waals surface area contributed by atoms with Crippen molar-refractivity contribution in [1.82, 2.24) is 10.0 Å². The van der Waals surface area contributed by atoms with Crippen LogP contribution in [0.5, 0.6) is 0 Å². The Morgan fingerprint density at radius 2 is 1.83 bits per heavy atom. The normalized spacial score (nSPS) is 12.6. The molecule has 1 amide bonds. The van der Waals surface area contributed by atoms with Gasteiger partial charge in [-0.1, -0.05) is 42.3 Å². The van der Waals surface area contributed by atoms with Crippen molar-refractivity contribution in [2.75, 3.05) is 26.8 Å². The highest BCUT2D eigenvalue weighted by Crippen LogP contribution is 2.31. The van der Waals surface area contributed by atoms with Crippen LogP contribution in [0.3, 0.4) is 0 Å². The van der Waals surface area contributed by atoms with Gasteiger partial charge in [0.15, 0.2) is 0 Å². The molecule has 0 heterocycles. The molecule has 2 aromatic rings.